The first-order chi connectivity index (χ1) is 12.5. The number of hydrogen-bond donors (Lipinski definition) is 2. The molecule has 3 heteroatoms. The molecule has 0 radical (unpaired) electrons. The Morgan fingerprint density at radius 3 is 1.74 bits per heavy atom. The van der Waals surface area contributed by atoms with E-state index in [1.165, 1.54) is 0 Å². The Morgan fingerprint density at radius 1 is 0.741 bits per heavy atom. The molecule has 2 aromatic rings. The summed E-state index contributed by atoms with van der Waals surface area (Å²) in [5.74, 6) is 0.583. The van der Waals surface area contributed by atoms with E-state index in [-0.39, 0.29) is 16.6 Å². The van der Waals surface area contributed by atoms with Crippen LogP contribution in [-0.2, 0) is 10.8 Å². The zero-order valence-corrected chi connectivity index (χ0v) is 17.1. The number of para-hydroxylation sites is 2. The van der Waals surface area contributed by atoms with Gasteiger partial charge in [-0.15, -0.1) is 0 Å². The Morgan fingerprint density at radius 2 is 1.22 bits per heavy atom. The standard InChI is InChI=1S/C24H29NO2/c1-23(2,3)17-11-7-9-15(21(17)26)19-13-14-20(25-19)16-10-8-12-18(22(16)27)24(4,5)6/h7-13,26-27H,14H2,1-6H3. The van der Waals surface area contributed by atoms with Gasteiger partial charge in [0.2, 0.25) is 0 Å². The monoisotopic (exact) mass is 363 g/mol. The van der Waals surface area contributed by atoms with Gasteiger partial charge in [0.25, 0.3) is 0 Å². The highest BCUT2D eigenvalue weighted by Gasteiger charge is 2.25. The second-order valence-corrected chi connectivity index (χ2v) is 9.26. The summed E-state index contributed by atoms with van der Waals surface area (Å²) >= 11 is 0. The minimum Gasteiger partial charge on any atom is -0.507 e. The fraction of sp³-hybridized carbons (Fsp3) is 0.375. The molecule has 0 aromatic heterocycles. The molecule has 142 valence electrons. The van der Waals surface area contributed by atoms with Gasteiger partial charge in [-0.05, 0) is 34.1 Å². The maximum atomic E-state index is 10.8. The van der Waals surface area contributed by atoms with Crippen LogP contribution in [-0.4, -0.2) is 15.9 Å². The zero-order valence-electron chi connectivity index (χ0n) is 17.1. The number of benzene rings is 2. The van der Waals surface area contributed by atoms with Gasteiger partial charge in [-0.25, -0.2) is 0 Å². The summed E-state index contributed by atoms with van der Waals surface area (Å²) in [5.41, 5.74) is 4.61. The first-order valence-electron chi connectivity index (χ1n) is 9.43. The van der Waals surface area contributed by atoms with E-state index in [4.69, 9.17) is 4.99 Å². The molecule has 1 aliphatic heterocycles. The fourth-order valence-corrected chi connectivity index (χ4v) is 3.51. The van der Waals surface area contributed by atoms with Crippen LogP contribution in [0, 0.1) is 0 Å². The summed E-state index contributed by atoms with van der Waals surface area (Å²) in [6, 6.07) is 11.6. The van der Waals surface area contributed by atoms with Gasteiger partial charge < -0.3 is 10.2 Å². The lowest BCUT2D eigenvalue weighted by Crippen LogP contribution is -2.13. The Hall–Kier alpha value is -2.55. The number of rotatable bonds is 2. The van der Waals surface area contributed by atoms with Crippen molar-refractivity contribution >= 4 is 11.4 Å². The molecule has 1 aliphatic rings. The van der Waals surface area contributed by atoms with Crippen molar-refractivity contribution in [3.63, 3.8) is 0 Å². The van der Waals surface area contributed by atoms with Crippen molar-refractivity contribution in [1.29, 1.82) is 0 Å². The minimum absolute atomic E-state index is 0.144. The van der Waals surface area contributed by atoms with Crippen LogP contribution in [0.25, 0.3) is 5.70 Å². The number of aliphatic imine (C=N–C) groups is 1. The molecule has 3 nitrogen and oxygen atoms in total. The molecule has 0 atom stereocenters. The van der Waals surface area contributed by atoms with Crippen molar-refractivity contribution in [2.75, 3.05) is 0 Å². The third-order valence-corrected chi connectivity index (χ3v) is 5.02. The molecule has 0 amide bonds. The lowest BCUT2D eigenvalue weighted by Gasteiger charge is -2.22. The molecule has 2 aromatic carbocycles. The molecule has 0 spiro atoms. The summed E-state index contributed by atoms with van der Waals surface area (Å²) < 4.78 is 0. The first-order valence-corrected chi connectivity index (χ1v) is 9.43. The highest BCUT2D eigenvalue weighted by atomic mass is 16.3. The Labute approximate surface area is 162 Å². The fourth-order valence-electron chi connectivity index (χ4n) is 3.51. The van der Waals surface area contributed by atoms with E-state index in [2.05, 4.69) is 41.5 Å². The summed E-state index contributed by atoms with van der Waals surface area (Å²) in [7, 11) is 0. The van der Waals surface area contributed by atoms with Gasteiger partial charge in [-0.1, -0.05) is 71.9 Å². The maximum absolute atomic E-state index is 10.8. The van der Waals surface area contributed by atoms with Crippen LogP contribution >= 0.6 is 0 Å². The second-order valence-electron chi connectivity index (χ2n) is 9.26. The normalized spacial score (nSPS) is 14.9. The van der Waals surface area contributed by atoms with Gasteiger partial charge in [0, 0.05) is 17.5 Å². The van der Waals surface area contributed by atoms with Crippen molar-refractivity contribution in [2.45, 2.75) is 58.8 Å². The van der Waals surface area contributed by atoms with Gasteiger partial charge in [0.15, 0.2) is 0 Å². The first kappa shape index (κ1) is 19.2. The van der Waals surface area contributed by atoms with Gasteiger partial charge in [-0.3, -0.25) is 4.99 Å². The molecule has 0 bridgehead atoms. The molecule has 0 fully saturated rings. The number of nitrogens with zero attached hydrogens (tertiary/aromatic N) is 1. The molecule has 27 heavy (non-hydrogen) atoms. The van der Waals surface area contributed by atoms with Gasteiger partial charge in [0.05, 0.1) is 11.4 Å². The maximum Gasteiger partial charge on any atom is 0.128 e. The Bertz CT molecular complexity index is 938. The molecule has 2 N–H and O–H groups in total. The molecule has 3 rings (SSSR count). The van der Waals surface area contributed by atoms with Crippen molar-refractivity contribution < 1.29 is 10.2 Å². The molecular weight excluding hydrogens is 334 g/mol. The second kappa shape index (κ2) is 6.56. The number of hydrogen-bond acceptors (Lipinski definition) is 3. The summed E-state index contributed by atoms with van der Waals surface area (Å²) in [4.78, 5) is 4.75. The Balaban J connectivity index is 2.02. The van der Waals surface area contributed by atoms with Crippen LogP contribution in [0.1, 0.15) is 70.2 Å². The summed E-state index contributed by atoms with van der Waals surface area (Å²) in [6.07, 6.45) is 2.65. The number of phenols is 2. The number of phenolic OH excluding ortho intramolecular Hbond substituents is 2. The smallest absolute Gasteiger partial charge is 0.128 e. The predicted octanol–water partition coefficient (Wildman–Crippen LogP) is 5.93. The zero-order chi connectivity index (χ0) is 20.0. The van der Waals surface area contributed by atoms with E-state index in [0.717, 1.165) is 33.7 Å². The summed E-state index contributed by atoms with van der Waals surface area (Å²) in [5, 5.41) is 21.6. The van der Waals surface area contributed by atoms with Crippen molar-refractivity contribution in [3.05, 3.63) is 64.7 Å². The van der Waals surface area contributed by atoms with Crippen LogP contribution < -0.4 is 0 Å². The number of allylic oxidation sites excluding steroid dienone is 1. The quantitative estimate of drug-likeness (QED) is 0.695. The molecule has 1 heterocycles. The SMILES string of the molecule is CC(C)(C)c1cccc(C2=CCC(c3cccc(C(C)(C)C)c3O)=N2)c1O. The summed E-state index contributed by atoms with van der Waals surface area (Å²) in [6.45, 7) is 12.5. The average molecular weight is 364 g/mol. The number of aromatic hydroxyl groups is 2. The molecule has 0 unspecified atom stereocenters. The highest BCUT2D eigenvalue weighted by Crippen LogP contribution is 2.40. The highest BCUT2D eigenvalue weighted by molar-refractivity contribution is 6.09. The largest absolute Gasteiger partial charge is 0.507 e. The lowest BCUT2D eigenvalue weighted by molar-refractivity contribution is 0.445. The van der Waals surface area contributed by atoms with Crippen LogP contribution in [0.2, 0.25) is 0 Å². The van der Waals surface area contributed by atoms with Crippen molar-refractivity contribution in [3.8, 4) is 11.5 Å². The van der Waals surface area contributed by atoms with Crippen LogP contribution in [0.4, 0.5) is 0 Å². The Kier molecular flexibility index (Phi) is 4.67. The lowest BCUT2D eigenvalue weighted by atomic mass is 9.84. The van der Waals surface area contributed by atoms with Crippen molar-refractivity contribution in [2.24, 2.45) is 4.99 Å². The van der Waals surface area contributed by atoms with Gasteiger partial charge in [-0.2, -0.15) is 0 Å². The van der Waals surface area contributed by atoms with E-state index in [1.807, 2.05) is 42.5 Å². The predicted molar refractivity (Wildman–Crippen MR) is 113 cm³/mol. The third kappa shape index (κ3) is 3.64. The molecule has 0 saturated heterocycles. The van der Waals surface area contributed by atoms with Crippen molar-refractivity contribution in [1.82, 2.24) is 0 Å². The molecule has 0 saturated carbocycles. The topological polar surface area (TPSA) is 52.8 Å². The van der Waals surface area contributed by atoms with E-state index >= 15 is 0 Å². The van der Waals surface area contributed by atoms with E-state index < -0.39 is 0 Å². The third-order valence-electron chi connectivity index (χ3n) is 5.02. The molecular formula is C24H29NO2. The minimum atomic E-state index is -0.148. The van der Waals surface area contributed by atoms with Crippen LogP contribution in [0.3, 0.4) is 0 Å². The van der Waals surface area contributed by atoms with E-state index in [0.29, 0.717) is 12.2 Å². The molecule has 0 aliphatic carbocycles. The van der Waals surface area contributed by atoms with Crippen LogP contribution in [0.15, 0.2) is 47.5 Å². The van der Waals surface area contributed by atoms with Crippen LogP contribution in [0.5, 0.6) is 11.5 Å². The van der Waals surface area contributed by atoms with Gasteiger partial charge >= 0.3 is 0 Å². The average Bonchev–Trinajstić information content (AvgIpc) is 3.02. The van der Waals surface area contributed by atoms with Gasteiger partial charge in [0.1, 0.15) is 11.5 Å². The van der Waals surface area contributed by atoms with E-state index in [1.54, 1.807) is 0 Å². The van der Waals surface area contributed by atoms with E-state index in [9.17, 15) is 10.2 Å².